The first-order chi connectivity index (χ1) is 12.7. The van der Waals surface area contributed by atoms with Crippen molar-refractivity contribution in [3.05, 3.63) is 61.3 Å². The first kappa shape index (κ1) is 58.4. The van der Waals surface area contributed by atoms with Crippen molar-refractivity contribution in [1.82, 2.24) is 0 Å². The van der Waals surface area contributed by atoms with Crippen LogP contribution in [-0.4, -0.2) is 49.0 Å². The number of carbonyl (C=O) groups is 3. The molecule has 0 aromatic rings. The first-order valence-electron chi connectivity index (χ1n) is 5.30. The van der Waals surface area contributed by atoms with Crippen LogP contribution in [0.15, 0.2) is 0 Å². The van der Waals surface area contributed by atoms with Gasteiger partial charge in [0.2, 0.25) is 0 Å². The third-order valence-electron chi connectivity index (χ3n) is 1.25. The Labute approximate surface area is 277 Å². The fourth-order valence-corrected chi connectivity index (χ4v) is 0.684. The molecule has 0 spiro atoms. The number of carboxylic acids is 3. The van der Waals surface area contributed by atoms with Crippen LogP contribution in [0.2, 0.25) is 0 Å². The maximum absolute atomic E-state index is 10.1. The minimum atomic E-state index is -2.97. The fourth-order valence-electron chi connectivity index (χ4n) is 0.684. The molecule has 0 aliphatic carbocycles. The number of hydrogen-bond donors (Lipinski definition) is 1. The summed E-state index contributed by atoms with van der Waals surface area (Å²) in [5.41, 5.74) is -2.97. The van der Waals surface area contributed by atoms with Crippen molar-refractivity contribution in [2.24, 2.45) is 0 Å². The summed E-state index contributed by atoms with van der Waals surface area (Å²) in [6, 6.07) is 0. The second kappa shape index (κ2) is 36.1. The van der Waals surface area contributed by atoms with E-state index in [1.165, 1.54) is 0 Å². The summed E-state index contributed by atoms with van der Waals surface area (Å²) >= 11 is 0. The molecule has 23 nitrogen and oxygen atoms in total. The van der Waals surface area contributed by atoms with Gasteiger partial charge in [-0.15, -0.1) is 0 Å². The fraction of sp³-hybridized carbons (Fsp3) is 0.500. The van der Waals surface area contributed by atoms with Crippen LogP contribution in [0.5, 0.6) is 0 Å². The summed E-state index contributed by atoms with van der Waals surface area (Å²) in [7, 11) is 0. The second-order valence-corrected chi connectivity index (χ2v) is 3.31. The van der Waals surface area contributed by atoms with Crippen LogP contribution in [0, 0.1) is 101 Å². The van der Waals surface area contributed by atoms with Crippen LogP contribution in [0.1, 0.15) is 12.8 Å². The Morgan fingerprint density at radius 1 is 0.576 bits per heavy atom. The van der Waals surface area contributed by atoms with Crippen LogP contribution in [0.3, 0.4) is 0 Å². The molecule has 0 heterocycles. The number of carbonyl (C=O) groups excluding carboxylic acids is 3. The molecule has 27 heteroatoms. The molecule has 0 unspecified atom stereocenters. The van der Waals surface area contributed by atoms with Crippen LogP contribution >= 0.6 is 0 Å². The van der Waals surface area contributed by atoms with Gasteiger partial charge in [-0.2, -0.15) is 0 Å². The van der Waals surface area contributed by atoms with Crippen molar-refractivity contribution >= 4 is 17.9 Å². The maximum atomic E-state index is 10.1. The zero-order valence-electron chi connectivity index (χ0n) is 16.5. The molecule has 0 aromatic carbocycles. The molecule has 0 aliphatic heterocycles. The Morgan fingerprint density at radius 2 is 0.697 bits per heavy atom. The topological polar surface area (TPSA) is 405 Å². The van der Waals surface area contributed by atoms with Gasteiger partial charge >= 0.3 is 129 Å². The quantitative estimate of drug-likeness (QED) is 0.155. The summed E-state index contributed by atoms with van der Waals surface area (Å²) in [5, 5.41) is 97.9. The van der Waals surface area contributed by atoms with Gasteiger partial charge in [0.1, 0.15) is 5.60 Å². The molecule has 0 saturated carbocycles. The van der Waals surface area contributed by atoms with Gasteiger partial charge in [0, 0.05) is 24.8 Å². The summed E-state index contributed by atoms with van der Waals surface area (Å²) in [5.74, 6) is -5.98. The van der Waals surface area contributed by atoms with E-state index in [9.17, 15) is 29.7 Å². The molecule has 33 heavy (non-hydrogen) atoms. The van der Waals surface area contributed by atoms with E-state index in [-0.39, 0.29) is 129 Å². The zero-order valence-corrected chi connectivity index (χ0v) is 26.6. The predicted molar refractivity (Wildman–Crippen MR) is 70.7 cm³/mol. The summed E-state index contributed by atoms with van der Waals surface area (Å²) in [6.45, 7) is 0. The van der Waals surface area contributed by atoms with Gasteiger partial charge < -0.3 is 96.1 Å². The molecule has 0 fully saturated rings. The number of hydrogen-bond acceptors (Lipinski definition) is 19. The molecule has 0 rings (SSSR count). The van der Waals surface area contributed by atoms with Crippen molar-refractivity contribution < 1.29 is 184 Å². The van der Waals surface area contributed by atoms with E-state index in [1.54, 1.807) is 0 Å². The van der Waals surface area contributed by atoms with Gasteiger partial charge in [0.25, 0.3) is 0 Å². The van der Waals surface area contributed by atoms with E-state index in [4.69, 9.17) is 66.4 Å². The average molecular weight is 738 g/mol. The minimum Gasteiger partial charge on any atom is -0.550 e. The summed E-state index contributed by atoms with van der Waals surface area (Å²) < 4.78 is 0. The van der Waals surface area contributed by atoms with E-state index in [2.05, 4.69) is 0 Å². The Balaban J connectivity index is -0.0000000348. The molecule has 1 N–H and O–H groups in total. The van der Waals surface area contributed by atoms with Gasteiger partial charge in [0.15, 0.2) is 0 Å². The largest absolute Gasteiger partial charge is 4.00 e. The molecule has 170 valence electrons. The van der Waals surface area contributed by atoms with Crippen LogP contribution in [-0.2, 0) is 14.4 Å². The molecular formula is C6H5N4Na3O19Th. The Kier molecular flexibility index (Phi) is 63.8. The normalized spacial score (nSPS) is 7.18. The van der Waals surface area contributed by atoms with E-state index in [1.807, 2.05) is 0 Å². The first-order valence-corrected chi connectivity index (χ1v) is 5.30. The predicted octanol–water partition coefficient (Wildman–Crippen LogP) is -15.2. The molecule has 0 saturated heterocycles. The second-order valence-electron chi connectivity index (χ2n) is 3.31. The third kappa shape index (κ3) is 114. The van der Waals surface area contributed by atoms with E-state index >= 15 is 0 Å². The van der Waals surface area contributed by atoms with Crippen molar-refractivity contribution in [2.75, 3.05) is 0 Å². The number of nitrogens with zero attached hydrogens (tertiary/aromatic N) is 4. The van der Waals surface area contributed by atoms with E-state index < -0.39 is 56.7 Å². The van der Waals surface area contributed by atoms with Gasteiger partial charge in [-0.3, -0.25) is 0 Å². The maximum Gasteiger partial charge on any atom is 4.00 e. The number of aliphatic hydroxyl groups is 1. The van der Waals surface area contributed by atoms with Gasteiger partial charge in [-0.05, 0) is 0 Å². The standard InChI is InChI=1S/C6H8O7.4NO3.3Na.Th/c7-3(8)1-6(13,5(11)12)2-4(9)10;4*2-1(3)4;;;;/h13H,1-2H2,(H,7,8)(H,9,10)(H,11,12);;;;;;;;/q;4*-1;3*+1;+4/p-3. The smallest absolute Gasteiger partial charge is 0.550 e. The van der Waals surface area contributed by atoms with Crippen LogP contribution in [0.4, 0.5) is 0 Å². The van der Waals surface area contributed by atoms with Crippen LogP contribution < -0.4 is 104 Å². The Bertz CT molecular complexity index is 512. The molecule has 0 amide bonds. The van der Waals surface area contributed by atoms with E-state index in [0.29, 0.717) is 0 Å². The minimum absolute atomic E-state index is 0. The summed E-state index contributed by atoms with van der Waals surface area (Å²) in [4.78, 5) is 63.0. The monoisotopic (exact) mass is 738 g/mol. The molecule has 0 bridgehead atoms. The number of carboxylic acid groups (broad SMARTS) is 3. The molecule has 0 radical (unpaired) electrons. The van der Waals surface area contributed by atoms with Gasteiger partial charge in [-0.1, -0.05) is 0 Å². The SMILES string of the molecule is O=C([O-])CC(O)(CC(=O)[O-])C(=O)[O-].O=[N+]([O-])[O-].O=[N+]([O-])[O-].O=[N+]([O-])[O-].O=[N+]([O-])[O-].[Na+].[Na+].[Na+].[Th+4]. The van der Waals surface area contributed by atoms with Gasteiger partial charge in [-0.25, -0.2) is 0 Å². The number of aliphatic carboxylic acids is 3. The van der Waals surface area contributed by atoms with Crippen LogP contribution in [0.25, 0.3) is 0 Å². The molecule has 0 aliphatic rings. The van der Waals surface area contributed by atoms with Crippen molar-refractivity contribution in [2.45, 2.75) is 18.4 Å². The molecular weight excluding hydrogens is 733 g/mol. The molecule has 0 aromatic heterocycles. The Hall–Kier alpha value is -0.505. The third-order valence-corrected chi connectivity index (χ3v) is 1.25. The van der Waals surface area contributed by atoms with Crippen molar-refractivity contribution in [1.29, 1.82) is 0 Å². The Morgan fingerprint density at radius 3 is 0.758 bits per heavy atom. The zero-order chi connectivity index (χ0) is 25.0. The van der Waals surface area contributed by atoms with E-state index in [0.717, 1.165) is 0 Å². The average Bonchev–Trinajstić information content (AvgIpc) is 2.32. The van der Waals surface area contributed by atoms with Crippen molar-refractivity contribution in [3.8, 4) is 0 Å². The number of rotatable bonds is 5. The van der Waals surface area contributed by atoms with Crippen molar-refractivity contribution in [3.63, 3.8) is 0 Å². The molecule has 0 atom stereocenters. The summed E-state index contributed by atoms with van der Waals surface area (Å²) in [6.07, 6.45) is -2.72. The van der Waals surface area contributed by atoms with Gasteiger partial charge in [0.05, 0.1) is 26.3 Å².